The van der Waals surface area contributed by atoms with Crippen molar-refractivity contribution in [3.8, 4) is 0 Å². The molecule has 2 aliphatic heterocycles. The molecule has 0 aliphatic carbocycles. The summed E-state index contributed by atoms with van der Waals surface area (Å²) >= 11 is 27.2. The van der Waals surface area contributed by atoms with E-state index in [2.05, 4.69) is 217 Å². The van der Waals surface area contributed by atoms with Crippen molar-refractivity contribution in [3.05, 3.63) is 43.3 Å². The summed E-state index contributed by atoms with van der Waals surface area (Å²) in [6.07, 6.45) is 0. The van der Waals surface area contributed by atoms with E-state index in [9.17, 15) is 0 Å². The van der Waals surface area contributed by atoms with Gasteiger partial charge in [0.1, 0.15) is 0 Å². The van der Waals surface area contributed by atoms with Gasteiger partial charge in [0.15, 0.2) is 0 Å². The van der Waals surface area contributed by atoms with Gasteiger partial charge in [-0.05, 0) is 245 Å². The Hall–Kier alpha value is 4.99. The van der Waals surface area contributed by atoms with Crippen LogP contribution >= 0.6 is 227 Å². The van der Waals surface area contributed by atoms with Crippen LogP contribution in [0, 0.1) is 46.0 Å². The van der Waals surface area contributed by atoms with Crippen LogP contribution in [0.1, 0.15) is 11.1 Å². The average molecular weight is 1460 g/mol. The predicted octanol–water partition coefficient (Wildman–Crippen LogP) is 9.19. The van der Waals surface area contributed by atoms with Gasteiger partial charge in [0.25, 0.3) is 0 Å². The molecule has 32 heavy (non-hydrogen) atoms. The minimum absolute atomic E-state index is 0.289. The van der Waals surface area contributed by atoms with Crippen molar-refractivity contribution in [1.29, 1.82) is 0 Å². The summed E-state index contributed by atoms with van der Waals surface area (Å²) in [5.74, 6) is 0. The highest BCUT2D eigenvalue weighted by Crippen LogP contribution is 2.48. The number of hydrogen-bond acceptors (Lipinski definition) is 2. The molecule has 164 valence electrons. The van der Waals surface area contributed by atoms with Gasteiger partial charge in [0.2, 0.25) is 6.71 Å². The van der Waals surface area contributed by atoms with Crippen LogP contribution in [0.4, 0.5) is 0 Å². The fourth-order valence-corrected chi connectivity index (χ4v) is 16.0. The van der Waals surface area contributed by atoms with Crippen molar-refractivity contribution in [3.63, 3.8) is 0 Å². The number of hydrogen-bond donors (Lipinski definition) is 0. The van der Waals surface area contributed by atoms with Crippen molar-refractivity contribution < 1.29 is 0 Å². The molecule has 12 heteroatoms. The molecule has 0 unspecified atom stereocenters. The van der Waals surface area contributed by atoms with Crippen molar-refractivity contribution in [2.75, 3.05) is 0 Å². The summed E-state index contributed by atoms with van der Waals surface area (Å²) in [5.41, 5.74) is 7.45. The molecular weight excluding hydrogens is 1460 g/mol. The first-order valence-electron chi connectivity index (χ1n) is 8.88. The highest BCUT2D eigenvalue weighted by Gasteiger charge is 2.45. The Labute approximate surface area is 319 Å². The zero-order chi connectivity index (χ0) is 23.4. The second kappa shape index (κ2) is 10.8. The summed E-state index contributed by atoms with van der Waals surface area (Å²) in [7, 11) is 0. The first kappa shape index (κ1) is 28.5. The van der Waals surface area contributed by atoms with Gasteiger partial charge < -0.3 is 0 Å². The first-order valence-corrected chi connectivity index (χ1v) is 20.2. The predicted molar refractivity (Wildman–Crippen MR) is 216 cm³/mol. The number of halogens is 9. The molecule has 0 saturated carbocycles. The van der Waals surface area contributed by atoms with E-state index in [-0.39, 0.29) is 6.71 Å². The Kier molecular flexibility index (Phi) is 9.59. The van der Waals surface area contributed by atoms with E-state index in [1.54, 1.807) is 0 Å². The lowest BCUT2D eigenvalue weighted by atomic mass is 9.36. The summed E-state index contributed by atoms with van der Waals surface area (Å²) in [6, 6.07) is 0. The van der Waals surface area contributed by atoms with Crippen LogP contribution in [-0.2, 0) is 0 Å². The lowest BCUT2D eigenvalue weighted by Gasteiger charge is -2.37. The molecular formula is C20H6BI9S2. The van der Waals surface area contributed by atoms with E-state index in [4.69, 9.17) is 0 Å². The molecule has 0 saturated heterocycles. The van der Waals surface area contributed by atoms with Crippen LogP contribution in [0.25, 0.3) is 0 Å². The zero-order valence-corrected chi connectivity index (χ0v) is 36.8. The highest BCUT2D eigenvalue weighted by atomic mass is 127. The number of rotatable bonds is 0. The zero-order valence-electron chi connectivity index (χ0n) is 15.8. The van der Waals surface area contributed by atoms with Gasteiger partial charge in [-0.25, -0.2) is 0 Å². The van der Waals surface area contributed by atoms with Crippen LogP contribution in [0.5, 0.6) is 0 Å². The van der Waals surface area contributed by atoms with Gasteiger partial charge in [-0.2, -0.15) is 0 Å². The largest absolute Gasteiger partial charge is 0.250 e. The lowest BCUT2D eigenvalue weighted by Crippen LogP contribution is -2.61. The van der Waals surface area contributed by atoms with Gasteiger partial charge in [-0.1, -0.05) is 23.5 Å². The standard InChI is InChI=1S/C20H6BI9S2/c1-3-4(2)17-5(9(23)8(3)22)21-6-10(24)11(25)12(26)14(28)18(6)32-20-7(21)19(31-17)15(29)13(27)16(20)30/h1-2H3. The molecule has 3 aromatic carbocycles. The molecule has 0 N–H and O–H groups in total. The molecule has 2 heterocycles. The van der Waals surface area contributed by atoms with Crippen LogP contribution in [0.15, 0.2) is 19.6 Å². The van der Waals surface area contributed by atoms with E-state index in [1.165, 1.54) is 79.2 Å². The third-order valence-electron chi connectivity index (χ3n) is 5.71. The summed E-state index contributed by atoms with van der Waals surface area (Å²) in [4.78, 5) is 5.87. The normalized spacial score (nSPS) is 13.8. The average Bonchev–Trinajstić information content (AvgIpc) is 2.79. The minimum Gasteiger partial charge on any atom is -0.0896 e. The maximum absolute atomic E-state index is 2.62. The molecule has 3 aromatic rings. The van der Waals surface area contributed by atoms with Crippen molar-refractivity contribution in [2.45, 2.75) is 33.4 Å². The molecule has 2 aliphatic rings. The van der Waals surface area contributed by atoms with Gasteiger partial charge in [0, 0.05) is 51.7 Å². The van der Waals surface area contributed by atoms with E-state index >= 15 is 0 Å². The molecule has 0 fully saturated rings. The van der Waals surface area contributed by atoms with Crippen molar-refractivity contribution in [2.24, 2.45) is 0 Å². The van der Waals surface area contributed by atoms with E-state index in [0.29, 0.717) is 0 Å². The first-order chi connectivity index (χ1) is 15.0. The Morgan fingerprint density at radius 3 is 1.34 bits per heavy atom. The third kappa shape index (κ3) is 4.30. The van der Waals surface area contributed by atoms with E-state index in [0.717, 1.165) is 0 Å². The molecule has 0 spiro atoms. The van der Waals surface area contributed by atoms with Crippen molar-refractivity contribution in [1.82, 2.24) is 0 Å². The quantitative estimate of drug-likeness (QED) is 0.0658. The second-order valence-corrected chi connectivity index (χ2v) is 19.0. The van der Waals surface area contributed by atoms with E-state index < -0.39 is 0 Å². The van der Waals surface area contributed by atoms with Crippen molar-refractivity contribution >= 4 is 250 Å². The summed E-state index contributed by atoms with van der Waals surface area (Å²) in [6.45, 7) is 4.89. The lowest BCUT2D eigenvalue weighted by molar-refractivity contribution is 1.19. The van der Waals surface area contributed by atoms with Gasteiger partial charge >= 0.3 is 0 Å². The Morgan fingerprint density at radius 2 is 0.781 bits per heavy atom. The van der Waals surface area contributed by atoms with Gasteiger partial charge in [-0.3, -0.25) is 0 Å². The van der Waals surface area contributed by atoms with Gasteiger partial charge in [-0.15, -0.1) is 0 Å². The Morgan fingerprint density at radius 1 is 0.406 bits per heavy atom. The summed E-state index contributed by atoms with van der Waals surface area (Å²) in [5, 5.41) is 0. The molecule has 0 radical (unpaired) electrons. The molecule has 0 aromatic heterocycles. The van der Waals surface area contributed by atoms with Crippen LogP contribution in [0.2, 0.25) is 0 Å². The second-order valence-electron chi connectivity index (χ2n) is 7.27. The maximum Gasteiger partial charge on any atom is 0.250 e. The summed E-state index contributed by atoms with van der Waals surface area (Å²) < 4.78 is 12.6. The molecule has 0 bridgehead atoms. The fourth-order valence-electron chi connectivity index (χ4n) is 4.03. The molecule has 0 atom stereocenters. The van der Waals surface area contributed by atoms with Gasteiger partial charge in [0.05, 0.1) is 0 Å². The van der Waals surface area contributed by atoms with E-state index in [1.807, 2.05) is 23.5 Å². The Balaban J connectivity index is 2.03. The third-order valence-corrected chi connectivity index (χ3v) is 25.7. The monoisotopic (exact) mass is 1460 g/mol. The Bertz CT molecular complexity index is 1260. The van der Waals surface area contributed by atoms with Crippen LogP contribution in [0.3, 0.4) is 0 Å². The highest BCUT2D eigenvalue weighted by molar-refractivity contribution is 14.1. The van der Waals surface area contributed by atoms with Crippen LogP contribution in [-0.4, -0.2) is 6.71 Å². The SMILES string of the molecule is Cc1c(C)c2c(c(I)c1I)B1c3c(I)c(I)c(I)c(I)c3Sc3c(I)c(I)c(I)c(c31)S2. The molecule has 0 nitrogen and oxygen atoms in total. The smallest absolute Gasteiger partial charge is 0.0896 e. The fraction of sp³-hybridized carbons (Fsp3) is 0.100. The molecule has 0 amide bonds. The van der Waals surface area contributed by atoms with Crippen LogP contribution < -0.4 is 16.4 Å². The maximum atomic E-state index is 2.62. The number of fused-ring (bicyclic) bond motifs is 4. The minimum atomic E-state index is 0.289. The molecule has 5 rings (SSSR count). The topological polar surface area (TPSA) is 0 Å². The number of benzene rings is 3.